The highest BCUT2D eigenvalue weighted by Crippen LogP contribution is 2.09. The predicted molar refractivity (Wildman–Crippen MR) is 70.8 cm³/mol. The Labute approximate surface area is 112 Å². The number of amides is 1. The van der Waals surface area contributed by atoms with Gasteiger partial charge in [-0.25, -0.2) is 4.79 Å². The lowest BCUT2D eigenvalue weighted by Crippen LogP contribution is -2.36. The van der Waals surface area contributed by atoms with Crippen LogP contribution in [0.5, 0.6) is 0 Å². The van der Waals surface area contributed by atoms with E-state index in [2.05, 4.69) is 4.98 Å². The van der Waals surface area contributed by atoms with Crippen molar-refractivity contribution in [2.24, 2.45) is 0 Å². The number of carbonyl (C=O) groups excluding carboxylic acids is 1. The number of carboxylic acid groups (broad SMARTS) is 1. The lowest BCUT2D eigenvalue weighted by molar-refractivity contribution is -0.130. The average molecular weight is 265 g/mol. The number of rotatable bonds is 6. The summed E-state index contributed by atoms with van der Waals surface area (Å²) in [6.07, 6.45) is 1.56. The minimum atomic E-state index is -1.00. The summed E-state index contributed by atoms with van der Waals surface area (Å²) in [6, 6.07) is 3.11. The number of hydrogen-bond acceptors (Lipinski definition) is 4. The van der Waals surface area contributed by atoms with E-state index in [1.807, 2.05) is 11.8 Å². The zero-order valence-corrected chi connectivity index (χ0v) is 11.5. The van der Waals surface area contributed by atoms with E-state index in [1.165, 1.54) is 11.0 Å². The topological polar surface area (TPSA) is 73.7 Å². The van der Waals surface area contributed by atoms with Crippen molar-refractivity contribution >= 4 is 11.9 Å². The highest BCUT2D eigenvalue weighted by molar-refractivity contribution is 5.88. The number of hydrogen-bond donors (Lipinski definition) is 1. The van der Waals surface area contributed by atoms with Crippen molar-refractivity contribution in [3.63, 3.8) is 0 Å². The first-order valence-corrected chi connectivity index (χ1v) is 6.05. The van der Waals surface area contributed by atoms with Crippen LogP contribution in [0.1, 0.15) is 23.0 Å². The van der Waals surface area contributed by atoms with E-state index >= 15 is 0 Å². The van der Waals surface area contributed by atoms with Crippen LogP contribution in [0.2, 0.25) is 0 Å². The fraction of sp³-hybridized carbons (Fsp3) is 0.462. The van der Waals surface area contributed by atoms with Crippen molar-refractivity contribution in [1.29, 1.82) is 0 Å². The van der Waals surface area contributed by atoms with E-state index in [0.29, 0.717) is 18.8 Å². The normalized spacial score (nSPS) is 10.5. The number of aromatic nitrogens is 1. The number of carboxylic acids is 1. The van der Waals surface area contributed by atoms with Crippen LogP contribution in [0.15, 0.2) is 18.3 Å². The molecule has 0 saturated heterocycles. The van der Waals surface area contributed by atoms with Crippen LogP contribution in [0.4, 0.5) is 0 Å². The molecule has 1 aromatic heterocycles. The third-order valence-electron chi connectivity index (χ3n) is 2.80. The van der Waals surface area contributed by atoms with E-state index in [4.69, 9.17) is 5.11 Å². The highest BCUT2D eigenvalue weighted by Gasteiger charge is 2.16. The monoisotopic (exact) mass is 265 g/mol. The number of aromatic carboxylic acids is 1. The number of pyridine rings is 1. The van der Waals surface area contributed by atoms with Crippen molar-refractivity contribution in [2.75, 3.05) is 27.2 Å². The Morgan fingerprint density at radius 3 is 2.58 bits per heavy atom. The average Bonchev–Trinajstić information content (AvgIpc) is 2.37. The zero-order valence-electron chi connectivity index (χ0n) is 11.5. The van der Waals surface area contributed by atoms with Crippen LogP contribution in [0, 0.1) is 0 Å². The second-order valence-electron chi connectivity index (χ2n) is 4.39. The molecule has 0 aliphatic heterocycles. The van der Waals surface area contributed by atoms with Crippen LogP contribution in [-0.4, -0.2) is 59.0 Å². The van der Waals surface area contributed by atoms with E-state index in [1.54, 1.807) is 26.4 Å². The Morgan fingerprint density at radius 1 is 1.37 bits per heavy atom. The Hall–Kier alpha value is -1.95. The van der Waals surface area contributed by atoms with Gasteiger partial charge in [-0.2, -0.15) is 0 Å². The molecule has 0 aliphatic rings. The molecule has 6 nitrogen and oxygen atoms in total. The maximum Gasteiger partial charge on any atom is 0.337 e. The molecule has 1 rings (SSSR count). The lowest BCUT2D eigenvalue weighted by Gasteiger charge is -2.22. The number of likely N-dealkylation sites (N-methyl/N-ethyl adjacent to an activating group) is 2. The molecule has 0 aliphatic carbocycles. The quantitative estimate of drug-likeness (QED) is 0.819. The molecule has 0 radical (unpaired) electrons. The first kappa shape index (κ1) is 15.1. The molecule has 6 heteroatoms. The molecule has 0 spiro atoms. The Kier molecular flexibility index (Phi) is 5.44. The SMILES string of the molecule is CCN(CC(=O)N(C)C)Cc1ncccc1C(=O)O. The Morgan fingerprint density at radius 2 is 2.05 bits per heavy atom. The minimum Gasteiger partial charge on any atom is -0.478 e. The van der Waals surface area contributed by atoms with E-state index in [9.17, 15) is 9.59 Å². The molecule has 1 aromatic rings. The summed E-state index contributed by atoms with van der Waals surface area (Å²) in [6.45, 7) is 3.17. The standard InChI is InChI=1S/C13H19N3O3/c1-4-16(9-12(17)15(2)3)8-11-10(13(18)19)6-5-7-14-11/h5-7H,4,8-9H2,1-3H3,(H,18,19). The fourth-order valence-corrected chi connectivity index (χ4v) is 1.58. The summed E-state index contributed by atoms with van der Waals surface area (Å²) in [5, 5.41) is 9.09. The maximum atomic E-state index is 11.7. The van der Waals surface area contributed by atoms with Crippen molar-refractivity contribution in [2.45, 2.75) is 13.5 Å². The summed E-state index contributed by atoms with van der Waals surface area (Å²) >= 11 is 0. The molecule has 0 bridgehead atoms. The predicted octanol–water partition coefficient (Wildman–Crippen LogP) is 0.690. The van der Waals surface area contributed by atoms with Crippen LogP contribution >= 0.6 is 0 Å². The summed E-state index contributed by atoms with van der Waals surface area (Å²) < 4.78 is 0. The number of nitrogens with zero attached hydrogens (tertiary/aromatic N) is 3. The first-order chi connectivity index (χ1) is 8.95. The molecule has 1 heterocycles. The van der Waals surface area contributed by atoms with Crippen LogP contribution in [0.25, 0.3) is 0 Å². The largest absolute Gasteiger partial charge is 0.478 e. The van der Waals surface area contributed by atoms with Gasteiger partial charge in [-0.1, -0.05) is 6.92 Å². The molecular weight excluding hydrogens is 246 g/mol. The molecule has 0 saturated carbocycles. The lowest BCUT2D eigenvalue weighted by atomic mass is 10.2. The second-order valence-corrected chi connectivity index (χ2v) is 4.39. The van der Waals surface area contributed by atoms with Crippen molar-refractivity contribution < 1.29 is 14.7 Å². The molecular formula is C13H19N3O3. The molecule has 0 atom stereocenters. The van der Waals surface area contributed by atoms with E-state index in [0.717, 1.165) is 0 Å². The first-order valence-electron chi connectivity index (χ1n) is 6.05. The second kappa shape index (κ2) is 6.84. The van der Waals surface area contributed by atoms with Crippen molar-refractivity contribution in [3.05, 3.63) is 29.6 Å². The molecule has 0 aromatic carbocycles. The maximum absolute atomic E-state index is 11.7. The van der Waals surface area contributed by atoms with Crippen molar-refractivity contribution in [1.82, 2.24) is 14.8 Å². The van der Waals surface area contributed by atoms with Crippen LogP contribution in [0.3, 0.4) is 0 Å². The molecule has 1 N–H and O–H groups in total. The van der Waals surface area contributed by atoms with Crippen LogP contribution < -0.4 is 0 Å². The zero-order chi connectivity index (χ0) is 14.4. The summed E-state index contributed by atoms with van der Waals surface area (Å²) in [4.78, 5) is 30.2. The molecule has 0 fully saturated rings. The van der Waals surface area contributed by atoms with Crippen LogP contribution in [-0.2, 0) is 11.3 Å². The third-order valence-corrected chi connectivity index (χ3v) is 2.80. The van der Waals surface area contributed by atoms with Gasteiger partial charge in [0.25, 0.3) is 0 Å². The summed E-state index contributed by atoms with van der Waals surface area (Å²) in [7, 11) is 3.39. The van der Waals surface area contributed by atoms with Gasteiger partial charge in [0.2, 0.25) is 5.91 Å². The summed E-state index contributed by atoms with van der Waals surface area (Å²) in [5.74, 6) is -1.02. The highest BCUT2D eigenvalue weighted by atomic mass is 16.4. The third kappa shape index (κ3) is 4.33. The van der Waals surface area contributed by atoms with Gasteiger partial charge in [-0.3, -0.25) is 14.7 Å². The van der Waals surface area contributed by atoms with E-state index < -0.39 is 5.97 Å². The molecule has 1 amide bonds. The molecule has 104 valence electrons. The summed E-state index contributed by atoms with van der Waals surface area (Å²) in [5.41, 5.74) is 0.654. The number of carbonyl (C=O) groups is 2. The van der Waals surface area contributed by atoms with Gasteiger partial charge in [-0.05, 0) is 18.7 Å². The van der Waals surface area contributed by atoms with Gasteiger partial charge in [0, 0.05) is 26.8 Å². The Balaban J connectivity index is 2.81. The van der Waals surface area contributed by atoms with Gasteiger partial charge in [0.15, 0.2) is 0 Å². The van der Waals surface area contributed by atoms with Gasteiger partial charge in [-0.15, -0.1) is 0 Å². The van der Waals surface area contributed by atoms with Gasteiger partial charge in [0.1, 0.15) is 0 Å². The fourth-order valence-electron chi connectivity index (χ4n) is 1.58. The van der Waals surface area contributed by atoms with Crippen molar-refractivity contribution in [3.8, 4) is 0 Å². The van der Waals surface area contributed by atoms with E-state index in [-0.39, 0.29) is 18.0 Å². The van der Waals surface area contributed by atoms with Gasteiger partial charge >= 0.3 is 5.97 Å². The van der Waals surface area contributed by atoms with Gasteiger partial charge in [0.05, 0.1) is 17.8 Å². The van der Waals surface area contributed by atoms with Gasteiger partial charge < -0.3 is 10.0 Å². The minimum absolute atomic E-state index is 0.0188. The molecule has 0 unspecified atom stereocenters. The smallest absolute Gasteiger partial charge is 0.337 e. The Bertz CT molecular complexity index is 460. The molecule has 19 heavy (non-hydrogen) atoms.